The molecule has 1 saturated heterocycles. The summed E-state index contributed by atoms with van der Waals surface area (Å²) in [5.41, 5.74) is 0. The fourth-order valence-corrected chi connectivity index (χ4v) is 2.20. The van der Waals surface area contributed by atoms with Crippen molar-refractivity contribution in [3.8, 4) is 0 Å². The van der Waals surface area contributed by atoms with Crippen molar-refractivity contribution in [1.82, 2.24) is 5.32 Å². The van der Waals surface area contributed by atoms with Crippen molar-refractivity contribution in [3.05, 3.63) is 0 Å². The van der Waals surface area contributed by atoms with Gasteiger partial charge in [0.2, 0.25) is 0 Å². The van der Waals surface area contributed by atoms with Crippen LogP contribution in [0.2, 0.25) is 0 Å². The van der Waals surface area contributed by atoms with Crippen molar-refractivity contribution in [1.29, 1.82) is 0 Å². The normalized spacial score (nSPS) is 29.8. The van der Waals surface area contributed by atoms with Gasteiger partial charge in [0.25, 0.3) is 0 Å². The van der Waals surface area contributed by atoms with Gasteiger partial charge >= 0.3 is 0 Å². The van der Waals surface area contributed by atoms with Crippen molar-refractivity contribution in [2.45, 2.75) is 49.4 Å². The van der Waals surface area contributed by atoms with E-state index in [2.05, 4.69) is 12.2 Å². The quantitative estimate of drug-likeness (QED) is 0.706. The molecule has 3 heteroatoms. The lowest BCUT2D eigenvalue weighted by atomic mass is 9.99. The molecule has 1 rings (SSSR count). The lowest BCUT2D eigenvalue weighted by molar-refractivity contribution is 0.381. The third-order valence-corrected chi connectivity index (χ3v) is 3.79. The molecule has 0 bridgehead atoms. The molecule has 0 aromatic rings. The van der Waals surface area contributed by atoms with E-state index in [1.54, 1.807) is 0 Å². The molecule has 72 valence electrons. The van der Waals surface area contributed by atoms with Crippen LogP contribution in [0.5, 0.6) is 0 Å². The van der Waals surface area contributed by atoms with Gasteiger partial charge in [0.05, 0.1) is 10.8 Å². The number of nitrogens with one attached hydrogen (secondary N) is 1. The van der Waals surface area contributed by atoms with Crippen LogP contribution in [0.4, 0.5) is 0 Å². The summed E-state index contributed by atoms with van der Waals surface area (Å²) >= 11 is 12.3. The summed E-state index contributed by atoms with van der Waals surface area (Å²) in [6.07, 6.45) is 4.69. The standard InChI is InChI=1S/C9H17Cl2N/c1-2-7(10)9(11)8-5-3-4-6-12-8/h7-9,12H,2-6H2,1H3. The minimum absolute atomic E-state index is 0.0944. The van der Waals surface area contributed by atoms with E-state index in [0.29, 0.717) is 6.04 Å². The van der Waals surface area contributed by atoms with Gasteiger partial charge in [-0.1, -0.05) is 13.3 Å². The fraction of sp³-hybridized carbons (Fsp3) is 1.00. The summed E-state index contributed by atoms with van der Waals surface area (Å²) < 4.78 is 0. The molecule has 1 aliphatic rings. The topological polar surface area (TPSA) is 12.0 Å². The van der Waals surface area contributed by atoms with Crippen LogP contribution in [0, 0.1) is 0 Å². The largest absolute Gasteiger partial charge is 0.312 e. The lowest BCUT2D eigenvalue weighted by Crippen LogP contribution is -2.44. The maximum Gasteiger partial charge on any atom is 0.0652 e. The highest BCUT2D eigenvalue weighted by molar-refractivity contribution is 6.30. The zero-order valence-electron chi connectivity index (χ0n) is 7.52. The Morgan fingerprint density at radius 3 is 2.67 bits per heavy atom. The molecule has 1 heterocycles. The third kappa shape index (κ3) is 2.79. The van der Waals surface area contributed by atoms with E-state index in [-0.39, 0.29) is 10.8 Å². The maximum absolute atomic E-state index is 6.22. The van der Waals surface area contributed by atoms with Crippen LogP contribution in [0.25, 0.3) is 0 Å². The van der Waals surface area contributed by atoms with Gasteiger partial charge in [0, 0.05) is 6.04 Å². The summed E-state index contributed by atoms with van der Waals surface area (Å²) in [5, 5.41) is 3.63. The Kier molecular flexibility index (Phi) is 4.70. The van der Waals surface area contributed by atoms with E-state index >= 15 is 0 Å². The summed E-state index contributed by atoms with van der Waals surface area (Å²) in [6.45, 7) is 3.18. The first-order valence-electron chi connectivity index (χ1n) is 4.77. The molecule has 0 saturated carbocycles. The molecule has 0 aliphatic carbocycles. The minimum Gasteiger partial charge on any atom is -0.312 e. The van der Waals surface area contributed by atoms with Crippen molar-refractivity contribution in [3.63, 3.8) is 0 Å². The number of hydrogen-bond donors (Lipinski definition) is 1. The second-order valence-electron chi connectivity index (χ2n) is 3.43. The molecule has 3 unspecified atom stereocenters. The summed E-state index contributed by atoms with van der Waals surface area (Å²) in [6, 6.07) is 0.433. The molecular weight excluding hydrogens is 193 g/mol. The minimum atomic E-state index is 0.0944. The van der Waals surface area contributed by atoms with E-state index in [1.807, 2.05) is 0 Å². The fourth-order valence-electron chi connectivity index (χ4n) is 1.63. The average Bonchev–Trinajstić information content (AvgIpc) is 2.17. The summed E-state index contributed by atoms with van der Waals surface area (Å²) in [5.74, 6) is 0. The second kappa shape index (κ2) is 5.31. The van der Waals surface area contributed by atoms with Crippen LogP contribution in [0.15, 0.2) is 0 Å². The van der Waals surface area contributed by atoms with Gasteiger partial charge in [-0.05, 0) is 25.8 Å². The van der Waals surface area contributed by atoms with Crippen molar-refractivity contribution in [2.75, 3.05) is 6.54 Å². The van der Waals surface area contributed by atoms with Crippen molar-refractivity contribution >= 4 is 23.2 Å². The van der Waals surface area contributed by atoms with Gasteiger partial charge in [-0.3, -0.25) is 0 Å². The van der Waals surface area contributed by atoms with Crippen LogP contribution in [-0.2, 0) is 0 Å². The Balaban J connectivity index is 2.33. The molecule has 0 radical (unpaired) electrons. The molecule has 0 aromatic heterocycles. The first-order valence-corrected chi connectivity index (χ1v) is 5.64. The van der Waals surface area contributed by atoms with Gasteiger partial charge in [0.15, 0.2) is 0 Å². The molecule has 3 atom stereocenters. The van der Waals surface area contributed by atoms with Crippen LogP contribution in [-0.4, -0.2) is 23.3 Å². The maximum atomic E-state index is 6.22. The van der Waals surface area contributed by atoms with Crippen molar-refractivity contribution < 1.29 is 0 Å². The zero-order chi connectivity index (χ0) is 8.97. The molecule has 0 aromatic carbocycles. The first kappa shape index (κ1) is 10.6. The monoisotopic (exact) mass is 209 g/mol. The predicted molar refractivity (Wildman–Crippen MR) is 55.2 cm³/mol. The first-order chi connectivity index (χ1) is 5.75. The van der Waals surface area contributed by atoms with E-state index in [4.69, 9.17) is 23.2 Å². The van der Waals surface area contributed by atoms with Crippen molar-refractivity contribution in [2.24, 2.45) is 0 Å². The molecule has 1 fully saturated rings. The SMILES string of the molecule is CCC(Cl)C(Cl)C1CCCCN1. The molecule has 1 nitrogen and oxygen atoms in total. The van der Waals surface area contributed by atoms with Crippen LogP contribution >= 0.6 is 23.2 Å². The zero-order valence-corrected chi connectivity index (χ0v) is 9.04. The van der Waals surface area contributed by atoms with Crippen LogP contribution in [0.1, 0.15) is 32.6 Å². The predicted octanol–water partition coefficient (Wildman–Crippen LogP) is 2.75. The van der Waals surface area contributed by atoms with E-state index in [9.17, 15) is 0 Å². The number of piperidine rings is 1. The van der Waals surface area contributed by atoms with E-state index in [1.165, 1.54) is 19.3 Å². The Bertz CT molecular complexity index is 124. The Morgan fingerprint density at radius 1 is 1.42 bits per heavy atom. The van der Waals surface area contributed by atoms with Gasteiger partial charge < -0.3 is 5.32 Å². The average molecular weight is 210 g/mol. The van der Waals surface area contributed by atoms with Gasteiger partial charge in [-0.25, -0.2) is 0 Å². The lowest BCUT2D eigenvalue weighted by Gasteiger charge is -2.29. The Hall–Kier alpha value is 0.540. The number of rotatable bonds is 3. The number of halogens is 2. The molecule has 12 heavy (non-hydrogen) atoms. The molecule has 1 N–H and O–H groups in total. The molecular formula is C9H17Cl2N. The summed E-state index contributed by atoms with van der Waals surface area (Å²) in [7, 11) is 0. The number of hydrogen-bond acceptors (Lipinski definition) is 1. The number of alkyl halides is 2. The van der Waals surface area contributed by atoms with Crippen LogP contribution in [0.3, 0.4) is 0 Å². The van der Waals surface area contributed by atoms with Gasteiger partial charge in [0.1, 0.15) is 0 Å². The highest BCUT2D eigenvalue weighted by Gasteiger charge is 2.26. The third-order valence-electron chi connectivity index (χ3n) is 2.47. The highest BCUT2D eigenvalue weighted by Crippen LogP contribution is 2.22. The van der Waals surface area contributed by atoms with Gasteiger partial charge in [-0.2, -0.15) is 0 Å². The second-order valence-corrected chi connectivity index (χ2v) is 4.49. The van der Waals surface area contributed by atoms with E-state index in [0.717, 1.165) is 13.0 Å². The van der Waals surface area contributed by atoms with E-state index < -0.39 is 0 Å². The molecule has 1 aliphatic heterocycles. The van der Waals surface area contributed by atoms with Crippen LogP contribution < -0.4 is 5.32 Å². The molecule has 0 spiro atoms. The Labute approximate surface area is 84.8 Å². The molecule has 0 amide bonds. The Morgan fingerprint density at radius 2 is 2.17 bits per heavy atom. The summed E-state index contributed by atoms with van der Waals surface area (Å²) in [4.78, 5) is 0. The smallest absolute Gasteiger partial charge is 0.0652 e. The highest BCUT2D eigenvalue weighted by atomic mass is 35.5. The van der Waals surface area contributed by atoms with Gasteiger partial charge in [-0.15, -0.1) is 23.2 Å².